The number of hydrazone groups is 1. The maximum Gasteiger partial charge on any atom is 0.417 e. The van der Waals surface area contributed by atoms with Gasteiger partial charge in [0, 0.05) is 32.4 Å². The van der Waals surface area contributed by atoms with E-state index in [1.54, 1.807) is 6.21 Å². The van der Waals surface area contributed by atoms with Crippen molar-refractivity contribution in [1.29, 1.82) is 0 Å². The molecule has 140 valence electrons. The zero-order chi connectivity index (χ0) is 19.6. The van der Waals surface area contributed by atoms with Gasteiger partial charge in [-0.15, -0.1) is 0 Å². The van der Waals surface area contributed by atoms with Gasteiger partial charge in [-0.05, 0) is 78.9 Å². The molecule has 0 aliphatic rings. The topological polar surface area (TPSA) is 42.2 Å². The average molecular weight is 484 g/mol. The second kappa shape index (κ2) is 7.71. The van der Waals surface area contributed by atoms with Crippen LogP contribution in [0, 0.1) is 17.4 Å². The Hall–Kier alpha value is -2.36. The Bertz CT molecular complexity index is 958. The third-order valence-corrected chi connectivity index (χ3v) is 4.75. The van der Waals surface area contributed by atoms with Crippen LogP contribution in [0.1, 0.15) is 22.5 Å². The predicted octanol–water partition coefficient (Wildman–Crippen LogP) is 5.56. The molecule has 2 heterocycles. The number of alkyl halides is 3. The van der Waals surface area contributed by atoms with E-state index in [1.165, 1.54) is 6.07 Å². The number of nitrogens with one attached hydrogen (secondary N) is 1. The Labute approximate surface area is 168 Å². The van der Waals surface area contributed by atoms with E-state index in [2.05, 4.69) is 42.7 Å². The van der Waals surface area contributed by atoms with E-state index in [0.29, 0.717) is 0 Å². The van der Waals surface area contributed by atoms with Crippen LogP contribution in [0.5, 0.6) is 0 Å². The van der Waals surface area contributed by atoms with Crippen LogP contribution in [0.4, 0.5) is 19.0 Å². The van der Waals surface area contributed by atoms with Gasteiger partial charge in [0.2, 0.25) is 0 Å². The molecule has 3 aromatic rings. The minimum absolute atomic E-state index is 0.241. The molecule has 0 aliphatic heterocycles. The monoisotopic (exact) mass is 484 g/mol. The van der Waals surface area contributed by atoms with E-state index in [4.69, 9.17) is 0 Å². The fraction of sp³-hybridized carbons (Fsp3) is 0.158. The van der Waals surface area contributed by atoms with Gasteiger partial charge in [-0.3, -0.25) is 5.43 Å². The standard InChI is InChI=1S/C19H16F3IN4/c1-12-9-14(13(2)27(12)17-6-4-16(23)5-7-17)10-25-26-18-8-3-15(11-24-18)19(20,21)22/h3-11H,1-2H3,(H,24,26)/b25-10+. The summed E-state index contributed by atoms with van der Waals surface area (Å²) in [4.78, 5) is 3.73. The highest BCUT2D eigenvalue weighted by molar-refractivity contribution is 14.1. The molecule has 0 unspecified atom stereocenters. The maximum absolute atomic E-state index is 12.5. The lowest BCUT2D eigenvalue weighted by Crippen LogP contribution is -2.05. The van der Waals surface area contributed by atoms with Crippen molar-refractivity contribution in [2.45, 2.75) is 20.0 Å². The fourth-order valence-electron chi connectivity index (χ4n) is 2.70. The van der Waals surface area contributed by atoms with E-state index < -0.39 is 11.7 Å². The lowest BCUT2D eigenvalue weighted by Gasteiger charge is -2.09. The molecule has 1 N–H and O–H groups in total. The van der Waals surface area contributed by atoms with Gasteiger partial charge in [-0.2, -0.15) is 18.3 Å². The summed E-state index contributed by atoms with van der Waals surface area (Å²) in [6.07, 6.45) is -1.99. The average Bonchev–Trinajstić information content (AvgIpc) is 2.89. The first kappa shape index (κ1) is 19.4. The molecule has 2 aromatic heterocycles. The van der Waals surface area contributed by atoms with Gasteiger partial charge in [0.05, 0.1) is 11.8 Å². The van der Waals surface area contributed by atoms with Crippen LogP contribution in [0.25, 0.3) is 5.69 Å². The first-order valence-corrected chi connectivity index (χ1v) is 9.11. The Morgan fingerprint density at radius 3 is 2.41 bits per heavy atom. The number of nitrogens with zero attached hydrogens (tertiary/aromatic N) is 3. The number of benzene rings is 1. The normalized spacial score (nSPS) is 11.9. The molecule has 8 heteroatoms. The molecular formula is C19H16F3IN4. The van der Waals surface area contributed by atoms with Crippen LogP contribution >= 0.6 is 22.6 Å². The van der Waals surface area contributed by atoms with E-state index in [0.717, 1.165) is 38.5 Å². The predicted molar refractivity (Wildman–Crippen MR) is 108 cm³/mol. The van der Waals surface area contributed by atoms with Crippen molar-refractivity contribution in [3.05, 3.63) is 74.7 Å². The van der Waals surface area contributed by atoms with Crippen molar-refractivity contribution in [2.75, 3.05) is 5.43 Å². The molecule has 3 rings (SSSR count). The highest BCUT2D eigenvalue weighted by Gasteiger charge is 2.30. The Balaban J connectivity index is 1.76. The van der Waals surface area contributed by atoms with Gasteiger partial charge in [-0.25, -0.2) is 4.98 Å². The summed E-state index contributed by atoms with van der Waals surface area (Å²) in [6, 6.07) is 12.4. The number of anilines is 1. The Morgan fingerprint density at radius 1 is 1.11 bits per heavy atom. The molecular weight excluding hydrogens is 468 g/mol. The minimum atomic E-state index is -4.40. The lowest BCUT2D eigenvalue weighted by atomic mass is 10.2. The van der Waals surface area contributed by atoms with Gasteiger partial charge < -0.3 is 4.57 Å². The number of hydrogen-bond acceptors (Lipinski definition) is 3. The molecule has 0 aliphatic carbocycles. The van der Waals surface area contributed by atoms with E-state index >= 15 is 0 Å². The number of aryl methyl sites for hydroxylation is 1. The summed E-state index contributed by atoms with van der Waals surface area (Å²) in [5.74, 6) is 0.241. The highest BCUT2D eigenvalue weighted by atomic mass is 127. The molecule has 0 spiro atoms. The summed E-state index contributed by atoms with van der Waals surface area (Å²) >= 11 is 2.26. The van der Waals surface area contributed by atoms with Crippen molar-refractivity contribution in [3.8, 4) is 5.69 Å². The number of hydrogen-bond donors (Lipinski definition) is 1. The summed E-state index contributed by atoms with van der Waals surface area (Å²) in [6.45, 7) is 4.00. The van der Waals surface area contributed by atoms with E-state index in [-0.39, 0.29) is 5.82 Å². The molecule has 1 aromatic carbocycles. The van der Waals surface area contributed by atoms with Gasteiger partial charge in [-0.1, -0.05) is 0 Å². The molecule has 0 amide bonds. The van der Waals surface area contributed by atoms with Crippen molar-refractivity contribution in [2.24, 2.45) is 5.10 Å². The Morgan fingerprint density at radius 2 is 1.81 bits per heavy atom. The molecule has 0 atom stereocenters. The van der Waals surface area contributed by atoms with Crippen molar-refractivity contribution < 1.29 is 13.2 Å². The minimum Gasteiger partial charge on any atom is -0.318 e. The molecule has 0 bridgehead atoms. The third kappa shape index (κ3) is 4.49. The quantitative estimate of drug-likeness (QED) is 0.300. The first-order chi connectivity index (χ1) is 12.8. The number of rotatable bonds is 4. The third-order valence-electron chi connectivity index (χ3n) is 4.03. The zero-order valence-electron chi connectivity index (χ0n) is 14.5. The van der Waals surface area contributed by atoms with Crippen LogP contribution in [0.15, 0.2) is 53.8 Å². The number of aromatic nitrogens is 2. The molecule has 0 saturated carbocycles. The Kier molecular flexibility index (Phi) is 5.54. The maximum atomic E-state index is 12.5. The number of pyridine rings is 1. The highest BCUT2D eigenvalue weighted by Crippen LogP contribution is 2.28. The molecule has 27 heavy (non-hydrogen) atoms. The fourth-order valence-corrected chi connectivity index (χ4v) is 3.06. The van der Waals surface area contributed by atoms with Gasteiger partial charge in [0.1, 0.15) is 5.82 Å². The van der Waals surface area contributed by atoms with Gasteiger partial charge in [0.25, 0.3) is 0 Å². The second-order valence-electron chi connectivity index (χ2n) is 5.94. The molecule has 0 saturated heterocycles. The van der Waals surface area contributed by atoms with E-state index in [1.807, 2.05) is 44.2 Å². The number of halogens is 4. The van der Waals surface area contributed by atoms with Crippen molar-refractivity contribution in [3.63, 3.8) is 0 Å². The van der Waals surface area contributed by atoms with Crippen LogP contribution in [-0.4, -0.2) is 15.8 Å². The first-order valence-electron chi connectivity index (χ1n) is 8.03. The zero-order valence-corrected chi connectivity index (χ0v) is 16.7. The van der Waals surface area contributed by atoms with Crippen LogP contribution in [0.2, 0.25) is 0 Å². The SMILES string of the molecule is Cc1cc(/C=N/Nc2ccc(C(F)(F)F)cn2)c(C)n1-c1ccc(I)cc1. The molecule has 0 fully saturated rings. The van der Waals surface area contributed by atoms with Crippen LogP contribution in [-0.2, 0) is 6.18 Å². The summed E-state index contributed by atoms with van der Waals surface area (Å²) in [5, 5.41) is 4.09. The van der Waals surface area contributed by atoms with Gasteiger partial charge >= 0.3 is 6.18 Å². The van der Waals surface area contributed by atoms with Crippen molar-refractivity contribution >= 4 is 34.6 Å². The lowest BCUT2D eigenvalue weighted by molar-refractivity contribution is -0.137. The van der Waals surface area contributed by atoms with Crippen LogP contribution in [0.3, 0.4) is 0 Å². The molecule has 0 radical (unpaired) electrons. The smallest absolute Gasteiger partial charge is 0.318 e. The summed E-state index contributed by atoms with van der Waals surface area (Å²) in [7, 11) is 0. The molecule has 4 nitrogen and oxygen atoms in total. The van der Waals surface area contributed by atoms with Gasteiger partial charge in [0.15, 0.2) is 0 Å². The summed E-state index contributed by atoms with van der Waals surface area (Å²) < 4.78 is 40.9. The largest absolute Gasteiger partial charge is 0.417 e. The van der Waals surface area contributed by atoms with E-state index in [9.17, 15) is 13.2 Å². The van der Waals surface area contributed by atoms with Crippen molar-refractivity contribution in [1.82, 2.24) is 9.55 Å². The second-order valence-corrected chi connectivity index (χ2v) is 7.18. The van der Waals surface area contributed by atoms with Crippen LogP contribution < -0.4 is 5.43 Å². The summed E-state index contributed by atoms with van der Waals surface area (Å²) in [5.41, 5.74) is 5.90.